The lowest BCUT2D eigenvalue weighted by molar-refractivity contribution is 0.0386. The summed E-state index contributed by atoms with van der Waals surface area (Å²) in [4.78, 5) is 0. The van der Waals surface area contributed by atoms with Gasteiger partial charge in [0.15, 0.2) is 0 Å². The van der Waals surface area contributed by atoms with E-state index < -0.39 is 0 Å². The van der Waals surface area contributed by atoms with Gasteiger partial charge in [-0.15, -0.1) is 0 Å². The number of hydrogen-bond acceptors (Lipinski definition) is 3. The van der Waals surface area contributed by atoms with Crippen molar-refractivity contribution in [3.63, 3.8) is 0 Å². The van der Waals surface area contributed by atoms with Crippen LogP contribution < -0.4 is 5.32 Å². The van der Waals surface area contributed by atoms with E-state index in [2.05, 4.69) is 12.2 Å². The van der Waals surface area contributed by atoms with E-state index in [-0.39, 0.29) is 11.6 Å². The van der Waals surface area contributed by atoms with Gasteiger partial charge in [-0.3, -0.25) is 0 Å². The van der Waals surface area contributed by atoms with E-state index in [9.17, 15) is 5.11 Å². The molecule has 0 spiro atoms. The Balaban J connectivity index is 2.24. The molecule has 0 aromatic rings. The van der Waals surface area contributed by atoms with Gasteiger partial charge in [-0.25, -0.2) is 0 Å². The summed E-state index contributed by atoms with van der Waals surface area (Å²) in [6.45, 7) is 6.58. The molecule has 0 aromatic carbocycles. The number of aliphatic hydroxyl groups excluding tert-OH is 1. The second-order valence-electron chi connectivity index (χ2n) is 4.12. The van der Waals surface area contributed by atoms with E-state index in [0.29, 0.717) is 6.54 Å². The molecule has 1 rings (SSSR count). The van der Waals surface area contributed by atoms with Crippen LogP contribution in [0.4, 0.5) is 0 Å². The molecular formula is C10H21NO2. The average Bonchev–Trinajstić information content (AvgIpc) is 2.15. The smallest absolute Gasteiger partial charge is 0.0662 e. The van der Waals surface area contributed by atoms with Crippen molar-refractivity contribution in [1.29, 1.82) is 0 Å². The zero-order valence-corrected chi connectivity index (χ0v) is 8.68. The third-order valence-corrected chi connectivity index (χ3v) is 2.83. The number of rotatable bonds is 4. The van der Waals surface area contributed by atoms with Crippen molar-refractivity contribution in [1.82, 2.24) is 5.32 Å². The first-order valence-electron chi connectivity index (χ1n) is 5.17. The number of ether oxygens (including phenoxy) is 1. The molecule has 0 aromatic heterocycles. The molecule has 0 radical (unpaired) electrons. The summed E-state index contributed by atoms with van der Waals surface area (Å²) >= 11 is 0. The number of β-amino-alcohol motifs (C(OH)–C–C–N with tert-alkyl or cyclic N) is 1. The maximum Gasteiger partial charge on any atom is 0.0662 e. The monoisotopic (exact) mass is 187 g/mol. The molecule has 1 unspecified atom stereocenters. The first-order valence-corrected chi connectivity index (χ1v) is 5.17. The SMILES string of the molecule is CCC(O)CNC1(C)CCOCC1. The molecule has 0 aliphatic carbocycles. The van der Waals surface area contributed by atoms with Crippen LogP contribution in [0.25, 0.3) is 0 Å². The van der Waals surface area contributed by atoms with Gasteiger partial charge in [-0.2, -0.15) is 0 Å². The summed E-state index contributed by atoms with van der Waals surface area (Å²) in [5.41, 5.74) is 0.175. The Hall–Kier alpha value is -0.120. The molecule has 3 heteroatoms. The summed E-state index contributed by atoms with van der Waals surface area (Å²) in [5.74, 6) is 0. The topological polar surface area (TPSA) is 41.5 Å². The van der Waals surface area contributed by atoms with Gasteiger partial charge < -0.3 is 15.2 Å². The molecule has 1 atom stereocenters. The maximum absolute atomic E-state index is 9.41. The van der Waals surface area contributed by atoms with E-state index in [4.69, 9.17) is 4.74 Å². The minimum atomic E-state index is -0.209. The van der Waals surface area contributed by atoms with E-state index in [1.54, 1.807) is 0 Å². The zero-order valence-electron chi connectivity index (χ0n) is 8.68. The Kier molecular flexibility index (Phi) is 4.16. The third-order valence-electron chi connectivity index (χ3n) is 2.83. The third kappa shape index (κ3) is 3.63. The summed E-state index contributed by atoms with van der Waals surface area (Å²) < 4.78 is 5.30. The van der Waals surface area contributed by atoms with E-state index >= 15 is 0 Å². The van der Waals surface area contributed by atoms with Gasteiger partial charge in [0.25, 0.3) is 0 Å². The lowest BCUT2D eigenvalue weighted by atomic mass is 9.92. The molecule has 3 nitrogen and oxygen atoms in total. The fourth-order valence-electron chi connectivity index (χ4n) is 1.51. The van der Waals surface area contributed by atoms with Gasteiger partial charge in [-0.1, -0.05) is 6.92 Å². The maximum atomic E-state index is 9.41. The lowest BCUT2D eigenvalue weighted by Crippen LogP contribution is -2.49. The lowest BCUT2D eigenvalue weighted by Gasteiger charge is -2.35. The zero-order chi connectivity index (χ0) is 9.73. The number of aliphatic hydroxyl groups is 1. The van der Waals surface area contributed by atoms with Gasteiger partial charge in [0.1, 0.15) is 0 Å². The van der Waals surface area contributed by atoms with Gasteiger partial charge in [0.2, 0.25) is 0 Å². The Morgan fingerprint density at radius 2 is 2.08 bits per heavy atom. The van der Waals surface area contributed by atoms with Crippen molar-refractivity contribution < 1.29 is 9.84 Å². The summed E-state index contributed by atoms with van der Waals surface area (Å²) in [5, 5.41) is 12.8. The highest BCUT2D eigenvalue weighted by Gasteiger charge is 2.26. The van der Waals surface area contributed by atoms with Crippen LogP contribution in [0.5, 0.6) is 0 Å². The molecule has 1 fully saturated rings. The molecule has 1 saturated heterocycles. The molecule has 13 heavy (non-hydrogen) atoms. The fourth-order valence-corrected chi connectivity index (χ4v) is 1.51. The van der Waals surface area contributed by atoms with Crippen molar-refractivity contribution in [2.75, 3.05) is 19.8 Å². The van der Waals surface area contributed by atoms with Crippen molar-refractivity contribution >= 4 is 0 Å². The Bertz CT molecular complexity index is 144. The van der Waals surface area contributed by atoms with E-state index in [1.807, 2.05) is 6.92 Å². The average molecular weight is 187 g/mol. The predicted molar refractivity (Wildman–Crippen MR) is 52.8 cm³/mol. The Morgan fingerprint density at radius 1 is 1.46 bits per heavy atom. The number of hydrogen-bond donors (Lipinski definition) is 2. The minimum absolute atomic E-state index is 0.175. The van der Waals surface area contributed by atoms with Gasteiger partial charge in [0.05, 0.1) is 6.10 Å². The highest BCUT2D eigenvalue weighted by molar-refractivity contribution is 4.85. The predicted octanol–water partition coefficient (Wildman–Crippen LogP) is 0.916. The number of nitrogens with one attached hydrogen (secondary N) is 1. The quantitative estimate of drug-likeness (QED) is 0.687. The Labute approximate surface area is 80.5 Å². The van der Waals surface area contributed by atoms with Gasteiger partial charge in [0, 0.05) is 25.3 Å². The Morgan fingerprint density at radius 3 is 2.62 bits per heavy atom. The molecule has 78 valence electrons. The molecule has 0 amide bonds. The van der Waals surface area contributed by atoms with Crippen LogP contribution in [0.15, 0.2) is 0 Å². The standard InChI is InChI=1S/C10H21NO2/c1-3-9(12)8-11-10(2)4-6-13-7-5-10/h9,11-12H,3-8H2,1-2H3. The first-order chi connectivity index (χ1) is 6.16. The largest absolute Gasteiger partial charge is 0.392 e. The van der Waals surface area contributed by atoms with E-state index in [0.717, 1.165) is 32.5 Å². The van der Waals surface area contributed by atoms with Crippen molar-refractivity contribution in [2.24, 2.45) is 0 Å². The van der Waals surface area contributed by atoms with Crippen LogP contribution >= 0.6 is 0 Å². The summed E-state index contributed by atoms with van der Waals surface area (Å²) in [6, 6.07) is 0. The highest BCUT2D eigenvalue weighted by Crippen LogP contribution is 2.19. The molecule has 2 N–H and O–H groups in total. The van der Waals surface area contributed by atoms with Crippen LogP contribution in [-0.4, -0.2) is 36.5 Å². The van der Waals surface area contributed by atoms with Gasteiger partial charge in [-0.05, 0) is 26.2 Å². The molecular weight excluding hydrogens is 166 g/mol. The highest BCUT2D eigenvalue weighted by atomic mass is 16.5. The second-order valence-corrected chi connectivity index (χ2v) is 4.12. The van der Waals surface area contributed by atoms with Crippen molar-refractivity contribution in [3.8, 4) is 0 Å². The summed E-state index contributed by atoms with van der Waals surface area (Å²) in [7, 11) is 0. The normalized spacial score (nSPS) is 24.2. The van der Waals surface area contributed by atoms with Crippen LogP contribution in [0.2, 0.25) is 0 Å². The van der Waals surface area contributed by atoms with Crippen LogP contribution in [0.1, 0.15) is 33.1 Å². The molecule has 0 saturated carbocycles. The molecule has 0 bridgehead atoms. The molecule has 1 heterocycles. The summed E-state index contributed by atoms with van der Waals surface area (Å²) in [6.07, 6.45) is 2.70. The first kappa shape index (κ1) is 11.0. The van der Waals surface area contributed by atoms with Crippen molar-refractivity contribution in [2.45, 2.75) is 44.8 Å². The minimum Gasteiger partial charge on any atom is -0.392 e. The second kappa shape index (κ2) is 4.94. The van der Waals surface area contributed by atoms with Crippen molar-refractivity contribution in [3.05, 3.63) is 0 Å². The molecule has 1 aliphatic heterocycles. The van der Waals surface area contributed by atoms with Gasteiger partial charge >= 0.3 is 0 Å². The van der Waals surface area contributed by atoms with Crippen LogP contribution in [-0.2, 0) is 4.74 Å². The van der Waals surface area contributed by atoms with E-state index in [1.165, 1.54) is 0 Å². The fraction of sp³-hybridized carbons (Fsp3) is 1.00. The van der Waals surface area contributed by atoms with Crippen LogP contribution in [0, 0.1) is 0 Å². The molecule has 1 aliphatic rings. The van der Waals surface area contributed by atoms with Crippen LogP contribution in [0.3, 0.4) is 0 Å².